The van der Waals surface area contributed by atoms with Gasteiger partial charge in [-0.05, 0) is 46.3 Å². The summed E-state index contributed by atoms with van der Waals surface area (Å²) in [4.78, 5) is 9.78. The van der Waals surface area contributed by atoms with Crippen LogP contribution < -0.4 is 4.74 Å². The van der Waals surface area contributed by atoms with Crippen LogP contribution in [-0.4, -0.2) is 11.5 Å². The maximum absolute atomic E-state index is 10.3. The maximum atomic E-state index is 10.3. The Morgan fingerprint density at radius 3 is 2.94 bits per heavy atom. The SMILES string of the molecule is O=[N+]([O-])/C=C/c1cccc(OCC2CC2)c1Br. The standard InChI is InChI=1S/C12H12BrNO3/c13-12-10(6-7-14(15)16)2-1-3-11(12)17-8-9-4-5-9/h1-3,6-7,9H,4-5,8H2/b7-6+. The zero-order valence-corrected chi connectivity index (χ0v) is 10.7. The summed E-state index contributed by atoms with van der Waals surface area (Å²) in [7, 11) is 0. The second-order valence-electron chi connectivity index (χ2n) is 4.01. The van der Waals surface area contributed by atoms with E-state index in [4.69, 9.17) is 4.74 Å². The fourth-order valence-corrected chi connectivity index (χ4v) is 1.91. The Morgan fingerprint density at radius 2 is 2.29 bits per heavy atom. The summed E-state index contributed by atoms with van der Waals surface area (Å²) < 4.78 is 6.42. The van der Waals surface area contributed by atoms with Gasteiger partial charge in [0.05, 0.1) is 16.0 Å². The molecule has 0 aromatic heterocycles. The van der Waals surface area contributed by atoms with Gasteiger partial charge in [-0.3, -0.25) is 10.1 Å². The number of halogens is 1. The van der Waals surface area contributed by atoms with E-state index in [1.54, 1.807) is 6.07 Å². The zero-order valence-electron chi connectivity index (χ0n) is 9.14. The van der Waals surface area contributed by atoms with E-state index in [1.807, 2.05) is 12.1 Å². The van der Waals surface area contributed by atoms with Gasteiger partial charge in [-0.15, -0.1) is 0 Å². The fourth-order valence-electron chi connectivity index (χ4n) is 1.40. The molecule has 1 aromatic rings. The average molecular weight is 298 g/mol. The van der Waals surface area contributed by atoms with Crippen LogP contribution in [0.25, 0.3) is 6.08 Å². The van der Waals surface area contributed by atoms with Gasteiger partial charge in [-0.2, -0.15) is 0 Å². The molecule has 1 fully saturated rings. The van der Waals surface area contributed by atoms with Gasteiger partial charge < -0.3 is 4.74 Å². The molecule has 0 amide bonds. The second kappa shape index (κ2) is 5.31. The van der Waals surface area contributed by atoms with Crippen LogP contribution in [0.15, 0.2) is 28.9 Å². The lowest BCUT2D eigenvalue weighted by Gasteiger charge is -2.08. The minimum Gasteiger partial charge on any atom is -0.492 e. The van der Waals surface area contributed by atoms with E-state index in [-0.39, 0.29) is 0 Å². The van der Waals surface area contributed by atoms with Gasteiger partial charge in [0.2, 0.25) is 6.20 Å². The van der Waals surface area contributed by atoms with E-state index < -0.39 is 4.92 Å². The van der Waals surface area contributed by atoms with E-state index in [0.717, 1.165) is 28.6 Å². The summed E-state index contributed by atoms with van der Waals surface area (Å²) in [5.41, 5.74) is 0.745. The Labute approximate surface area is 108 Å². The number of nitrogens with zero attached hydrogens (tertiary/aromatic N) is 1. The van der Waals surface area contributed by atoms with Crippen LogP contribution in [0.3, 0.4) is 0 Å². The molecule has 1 aliphatic rings. The molecular formula is C12H12BrNO3. The highest BCUT2D eigenvalue weighted by Crippen LogP contribution is 2.33. The molecule has 5 heteroatoms. The van der Waals surface area contributed by atoms with Crippen molar-refractivity contribution in [3.05, 3.63) is 44.5 Å². The largest absolute Gasteiger partial charge is 0.492 e. The number of nitro groups is 1. The van der Waals surface area contributed by atoms with Gasteiger partial charge in [0.15, 0.2) is 0 Å². The van der Waals surface area contributed by atoms with Crippen molar-refractivity contribution in [2.24, 2.45) is 5.92 Å². The van der Waals surface area contributed by atoms with Crippen molar-refractivity contribution in [1.29, 1.82) is 0 Å². The van der Waals surface area contributed by atoms with Gasteiger partial charge in [-0.25, -0.2) is 0 Å². The second-order valence-corrected chi connectivity index (χ2v) is 4.81. The number of rotatable bonds is 5. The Kier molecular flexibility index (Phi) is 3.78. The van der Waals surface area contributed by atoms with Gasteiger partial charge in [0.25, 0.3) is 0 Å². The third-order valence-electron chi connectivity index (χ3n) is 2.54. The predicted octanol–water partition coefficient (Wildman–Crippen LogP) is 3.49. The maximum Gasteiger partial charge on any atom is 0.235 e. The lowest BCUT2D eigenvalue weighted by atomic mass is 10.2. The van der Waals surface area contributed by atoms with Crippen LogP contribution in [0.2, 0.25) is 0 Å². The summed E-state index contributed by atoms with van der Waals surface area (Å²) in [6.45, 7) is 0.723. The van der Waals surface area contributed by atoms with Crippen LogP contribution in [0, 0.1) is 16.0 Å². The molecule has 1 aliphatic carbocycles. The molecule has 0 saturated heterocycles. The normalized spacial score (nSPS) is 15.1. The molecule has 0 N–H and O–H groups in total. The molecule has 0 heterocycles. The Hall–Kier alpha value is -1.36. The van der Waals surface area contributed by atoms with Crippen LogP contribution >= 0.6 is 15.9 Å². The lowest BCUT2D eigenvalue weighted by molar-refractivity contribution is -0.400. The van der Waals surface area contributed by atoms with Crippen molar-refractivity contribution in [3.8, 4) is 5.75 Å². The average Bonchev–Trinajstić information content (AvgIpc) is 3.10. The van der Waals surface area contributed by atoms with Crippen molar-refractivity contribution < 1.29 is 9.66 Å². The van der Waals surface area contributed by atoms with Crippen molar-refractivity contribution >= 4 is 22.0 Å². The number of ether oxygens (including phenoxy) is 1. The zero-order chi connectivity index (χ0) is 12.3. The molecule has 0 bridgehead atoms. The van der Waals surface area contributed by atoms with Crippen molar-refractivity contribution in [3.63, 3.8) is 0 Å². The van der Waals surface area contributed by atoms with E-state index >= 15 is 0 Å². The Morgan fingerprint density at radius 1 is 1.53 bits per heavy atom. The topological polar surface area (TPSA) is 52.4 Å². The number of hydrogen-bond donors (Lipinski definition) is 0. The molecule has 1 saturated carbocycles. The molecule has 0 atom stereocenters. The minimum atomic E-state index is -0.482. The van der Waals surface area contributed by atoms with Gasteiger partial charge in [0, 0.05) is 6.08 Å². The molecule has 17 heavy (non-hydrogen) atoms. The third-order valence-corrected chi connectivity index (χ3v) is 3.39. The molecule has 0 aliphatic heterocycles. The number of benzene rings is 1. The first-order valence-corrected chi connectivity index (χ1v) is 6.19. The Bertz CT molecular complexity index is 455. The smallest absolute Gasteiger partial charge is 0.235 e. The number of hydrogen-bond acceptors (Lipinski definition) is 3. The third kappa shape index (κ3) is 3.56. The summed E-state index contributed by atoms with van der Waals surface area (Å²) in [6.07, 6.45) is 4.84. The summed E-state index contributed by atoms with van der Waals surface area (Å²) in [6, 6.07) is 5.48. The highest BCUT2D eigenvalue weighted by atomic mass is 79.9. The van der Waals surface area contributed by atoms with E-state index in [0.29, 0.717) is 5.92 Å². The van der Waals surface area contributed by atoms with Crippen LogP contribution in [0.5, 0.6) is 5.75 Å². The van der Waals surface area contributed by atoms with Crippen molar-refractivity contribution in [2.75, 3.05) is 6.61 Å². The first kappa shape index (κ1) is 12.1. The summed E-state index contributed by atoms with van der Waals surface area (Å²) in [5, 5.41) is 10.3. The summed E-state index contributed by atoms with van der Waals surface area (Å²) >= 11 is 3.40. The highest BCUT2D eigenvalue weighted by molar-refractivity contribution is 9.10. The molecule has 4 nitrogen and oxygen atoms in total. The summed E-state index contributed by atoms with van der Waals surface area (Å²) in [5.74, 6) is 1.42. The predicted molar refractivity (Wildman–Crippen MR) is 68.4 cm³/mol. The highest BCUT2D eigenvalue weighted by Gasteiger charge is 2.22. The van der Waals surface area contributed by atoms with Crippen LogP contribution in [0.4, 0.5) is 0 Å². The van der Waals surface area contributed by atoms with E-state index in [9.17, 15) is 10.1 Å². The van der Waals surface area contributed by atoms with Crippen molar-refractivity contribution in [2.45, 2.75) is 12.8 Å². The monoisotopic (exact) mass is 297 g/mol. The van der Waals surface area contributed by atoms with E-state index in [2.05, 4.69) is 15.9 Å². The fraction of sp³-hybridized carbons (Fsp3) is 0.333. The molecule has 0 radical (unpaired) electrons. The molecular weight excluding hydrogens is 286 g/mol. The van der Waals surface area contributed by atoms with E-state index in [1.165, 1.54) is 18.9 Å². The first-order chi connectivity index (χ1) is 8.16. The van der Waals surface area contributed by atoms with Crippen LogP contribution in [0.1, 0.15) is 18.4 Å². The molecule has 1 aromatic carbocycles. The molecule has 2 rings (SSSR count). The molecule has 0 unspecified atom stereocenters. The Balaban J connectivity index is 2.10. The van der Waals surface area contributed by atoms with Gasteiger partial charge in [0.1, 0.15) is 5.75 Å². The lowest BCUT2D eigenvalue weighted by Crippen LogP contribution is -1.99. The first-order valence-electron chi connectivity index (χ1n) is 5.40. The van der Waals surface area contributed by atoms with Crippen molar-refractivity contribution in [1.82, 2.24) is 0 Å². The van der Waals surface area contributed by atoms with Gasteiger partial charge >= 0.3 is 0 Å². The van der Waals surface area contributed by atoms with Gasteiger partial charge in [-0.1, -0.05) is 12.1 Å². The minimum absolute atomic E-state index is 0.482. The molecule has 90 valence electrons. The quantitative estimate of drug-likeness (QED) is 0.617. The van der Waals surface area contributed by atoms with Crippen LogP contribution in [-0.2, 0) is 0 Å². The molecule has 0 spiro atoms.